The molecule has 0 aromatic carbocycles. The van der Waals surface area contributed by atoms with E-state index in [-0.39, 0.29) is 5.92 Å². The smallest absolute Gasteiger partial charge is 0.223 e. The van der Waals surface area contributed by atoms with E-state index in [0.29, 0.717) is 5.71 Å². The fourth-order valence-corrected chi connectivity index (χ4v) is 2.78. The second-order valence-corrected chi connectivity index (χ2v) is 4.99. The summed E-state index contributed by atoms with van der Waals surface area (Å²) >= 11 is 1.13. The molecule has 1 aliphatic rings. The predicted molar refractivity (Wildman–Crippen MR) is 66.6 cm³/mol. The summed E-state index contributed by atoms with van der Waals surface area (Å²) in [6.07, 6.45) is 7.81. The Hall–Kier alpha value is -0.910. The molecule has 0 saturated heterocycles. The zero-order valence-corrected chi connectivity index (χ0v) is 10.2. The van der Waals surface area contributed by atoms with Crippen molar-refractivity contribution in [3.05, 3.63) is 4.91 Å². The van der Waals surface area contributed by atoms with Crippen molar-refractivity contribution in [1.82, 2.24) is 0 Å². The van der Waals surface area contributed by atoms with Gasteiger partial charge in [-0.15, -0.1) is 16.7 Å². The Kier molecular flexibility index (Phi) is 4.92. The molecule has 1 fully saturated rings. The lowest BCUT2D eigenvalue weighted by atomic mass is 9.83. The normalized spacial score (nSPS) is 22.4. The molecule has 0 aromatic heterocycles. The van der Waals surface area contributed by atoms with Crippen molar-refractivity contribution in [2.45, 2.75) is 37.0 Å². The number of oxime groups is 1. The van der Waals surface area contributed by atoms with Crippen molar-refractivity contribution in [3.8, 4) is 0 Å². The summed E-state index contributed by atoms with van der Waals surface area (Å²) in [5, 5.41) is 22.6. The number of nitrogens with zero attached hydrogens (tertiary/aromatic N) is 2. The molecule has 5 nitrogen and oxygen atoms in total. The molecule has 1 rings (SSSR count). The van der Waals surface area contributed by atoms with Crippen LogP contribution in [0.3, 0.4) is 0 Å². The zero-order valence-electron chi connectivity index (χ0n) is 9.35. The molecule has 0 radical (unpaired) electrons. The van der Waals surface area contributed by atoms with Gasteiger partial charge in [0.15, 0.2) is 0 Å². The SMILES string of the molecule is CSC(C=N)(N=O)/C(=N\O)C1CCCCC1. The van der Waals surface area contributed by atoms with E-state index >= 15 is 0 Å². The van der Waals surface area contributed by atoms with E-state index in [1.807, 2.05) is 0 Å². The summed E-state index contributed by atoms with van der Waals surface area (Å²) < 4.78 is 0. The Labute approximate surface area is 99.2 Å². The van der Waals surface area contributed by atoms with Crippen LogP contribution in [0.15, 0.2) is 10.3 Å². The molecule has 0 heterocycles. The Balaban J connectivity index is 2.94. The van der Waals surface area contributed by atoms with Gasteiger partial charge in [0.2, 0.25) is 4.87 Å². The Morgan fingerprint density at radius 2 is 2.12 bits per heavy atom. The van der Waals surface area contributed by atoms with Gasteiger partial charge in [-0.2, -0.15) is 0 Å². The molecule has 1 saturated carbocycles. The van der Waals surface area contributed by atoms with Gasteiger partial charge >= 0.3 is 0 Å². The standard InChI is InChI=1S/C10H17N3O2S/c1-16-10(7-11,13-15)9(12-14)8-5-3-2-4-6-8/h7-8,11,14H,2-6H2,1H3/b11-7?,12-9-. The molecular weight excluding hydrogens is 226 g/mol. The average molecular weight is 243 g/mol. The molecular formula is C10H17N3O2S. The maximum atomic E-state index is 10.9. The first-order valence-corrected chi connectivity index (χ1v) is 6.60. The van der Waals surface area contributed by atoms with Gasteiger partial charge in [0.25, 0.3) is 0 Å². The van der Waals surface area contributed by atoms with Crippen molar-refractivity contribution >= 4 is 23.7 Å². The molecule has 1 aliphatic carbocycles. The lowest BCUT2D eigenvalue weighted by Crippen LogP contribution is -2.40. The molecule has 6 heteroatoms. The molecule has 16 heavy (non-hydrogen) atoms. The van der Waals surface area contributed by atoms with Gasteiger partial charge in [-0.05, 0) is 24.3 Å². The van der Waals surface area contributed by atoms with Gasteiger partial charge in [-0.1, -0.05) is 24.4 Å². The first-order chi connectivity index (χ1) is 7.74. The summed E-state index contributed by atoms with van der Waals surface area (Å²) in [5.74, 6) is 0.0745. The van der Waals surface area contributed by atoms with E-state index in [2.05, 4.69) is 10.3 Å². The molecule has 90 valence electrons. The first kappa shape index (κ1) is 13.2. The van der Waals surface area contributed by atoms with Crippen molar-refractivity contribution in [2.75, 3.05) is 6.26 Å². The maximum absolute atomic E-state index is 10.9. The summed E-state index contributed by atoms with van der Waals surface area (Å²) in [6, 6.07) is 0. The number of nitroso groups, excluding NO2 is 1. The third-order valence-corrected chi connectivity index (χ3v) is 4.13. The highest BCUT2D eigenvalue weighted by Crippen LogP contribution is 2.34. The molecule has 0 aliphatic heterocycles. The highest BCUT2D eigenvalue weighted by molar-refractivity contribution is 8.01. The van der Waals surface area contributed by atoms with E-state index in [1.165, 1.54) is 6.42 Å². The first-order valence-electron chi connectivity index (χ1n) is 5.37. The third-order valence-electron chi connectivity index (χ3n) is 3.11. The molecule has 0 aromatic rings. The van der Waals surface area contributed by atoms with E-state index < -0.39 is 4.87 Å². The number of hydrogen-bond acceptors (Lipinski definition) is 6. The van der Waals surface area contributed by atoms with Crippen molar-refractivity contribution in [1.29, 1.82) is 5.41 Å². The zero-order chi connectivity index (χ0) is 12.0. The third kappa shape index (κ3) is 2.42. The van der Waals surface area contributed by atoms with Crippen LogP contribution in [-0.4, -0.2) is 28.3 Å². The Bertz CT molecular complexity index is 280. The summed E-state index contributed by atoms with van der Waals surface area (Å²) in [5.41, 5.74) is 0.338. The number of rotatable bonds is 5. The van der Waals surface area contributed by atoms with Gasteiger partial charge < -0.3 is 10.6 Å². The van der Waals surface area contributed by atoms with E-state index in [0.717, 1.165) is 43.7 Å². The lowest BCUT2D eigenvalue weighted by Gasteiger charge is -2.29. The minimum absolute atomic E-state index is 0.0745. The van der Waals surface area contributed by atoms with Crippen LogP contribution < -0.4 is 0 Å². The Morgan fingerprint density at radius 1 is 1.50 bits per heavy atom. The van der Waals surface area contributed by atoms with Crippen LogP contribution in [-0.2, 0) is 0 Å². The highest BCUT2D eigenvalue weighted by Gasteiger charge is 2.40. The van der Waals surface area contributed by atoms with Gasteiger partial charge in [0, 0.05) is 12.1 Å². The minimum atomic E-state index is -1.32. The molecule has 0 spiro atoms. The summed E-state index contributed by atoms with van der Waals surface area (Å²) in [6.45, 7) is 0. The van der Waals surface area contributed by atoms with E-state index in [4.69, 9.17) is 10.6 Å². The van der Waals surface area contributed by atoms with Crippen LogP contribution in [0.5, 0.6) is 0 Å². The van der Waals surface area contributed by atoms with Crippen LogP contribution in [0, 0.1) is 16.2 Å². The van der Waals surface area contributed by atoms with Crippen molar-refractivity contribution < 1.29 is 5.21 Å². The minimum Gasteiger partial charge on any atom is -0.411 e. The molecule has 0 amide bonds. The molecule has 0 bridgehead atoms. The van der Waals surface area contributed by atoms with Crippen LogP contribution >= 0.6 is 11.8 Å². The summed E-state index contributed by atoms with van der Waals surface area (Å²) in [4.78, 5) is 9.60. The fourth-order valence-electron chi connectivity index (χ4n) is 2.17. The second kappa shape index (κ2) is 5.98. The quantitative estimate of drug-likeness (QED) is 0.337. The lowest BCUT2D eigenvalue weighted by molar-refractivity contribution is 0.307. The molecule has 2 N–H and O–H groups in total. The van der Waals surface area contributed by atoms with Gasteiger partial charge in [-0.25, -0.2) is 0 Å². The van der Waals surface area contributed by atoms with Crippen LogP contribution in [0.2, 0.25) is 0 Å². The fraction of sp³-hybridized carbons (Fsp3) is 0.800. The number of thioether (sulfide) groups is 1. The van der Waals surface area contributed by atoms with Gasteiger partial charge in [0.1, 0.15) is 5.71 Å². The predicted octanol–water partition coefficient (Wildman–Crippen LogP) is 2.87. The largest absolute Gasteiger partial charge is 0.411 e. The van der Waals surface area contributed by atoms with Crippen molar-refractivity contribution in [2.24, 2.45) is 16.3 Å². The van der Waals surface area contributed by atoms with Crippen LogP contribution in [0.25, 0.3) is 0 Å². The number of hydrogen-bond donors (Lipinski definition) is 2. The molecule has 1 atom stereocenters. The topological polar surface area (TPSA) is 85.9 Å². The highest BCUT2D eigenvalue weighted by atomic mass is 32.2. The monoisotopic (exact) mass is 243 g/mol. The second-order valence-electron chi connectivity index (χ2n) is 3.96. The average Bonchev–Trinajstić information content (AvgIpc) is 2.37. The number of nitrogens with one attached hydrogen (secondary N) is 1. The van der Waals surface area contributed by atoms with E-state index in [9.17, 15) is 4.91 Å². The maximum Gasteiger partial charge on any atom is 0.223 e. The van der Waals surface area contributed by atoms with Gasteiger partial charge in [0.05, 0.1) is 0 Å². The van der Waals surface area contributed by atoms with E-state index in [1.54, 1.807) is 6.26 Å². The van der Waals surface area contributed by atoms with Crippen LogP contribution in [0.4, 0.5) is 0 Å². The van der Waals surface area contributed by atoms with Crippen LogP contribution in [0.1, 0.15) is 32.1 Å². The molecule has 1 unspecified atom stereocenters. The Morgan fingerprint density at radius 3 is 2.50 bits per heavy atom. The summed E-state index contributed by atoms with van der Waals surface area (Å²) in [7, 11) is 0. The van der Waals surface area contributed by atoms with Gasteiger partial charge in [-0.3, -0.25) is 0 Å². The van der Waals surface area contributed by atoms with Crippen molar-refractivity contribution in [3.63, 3.8) is 0 Å².